The molecule has 0 bridgehead atoms. The largest absolute Gasteiger partial charge is 0.339 e. The van der Waals surface area contributed by atoms with E-state index in [1.54, 1.807) is 0 Å². The van der Waals surface area contributed by atoms with Gasteiger partial charge in [-0.15, -0.1) is 0 Å². The van der Waals surface area contributed by atoms with E-state index in [0.717, 1.165) is 31.0 Å². The molecule has 3 aromatic rings. The van der Waals surface area contributed by atoms with E-state index in [9.17, 15) is 0 Å². The summed E-state index contributed by atoms with van der Waals surface area (Å²) in [6, 6.07) is 8.57. The van der Waals surface area contributed by atoms with Crippen molar-refractivity contribution in [3.8, 4) is 0 Å². The summed E-state index contributed by atoms with van der Waals surface area (Å²) in [6.07, 6.45) is 4.99. The Balaban J connectivity index is 1.93. The lowest BCUT2D eigenvalue weighted by Crippen LogP contribution is -2.01. The maximum atomic E-state index is 5.25. The summed E-state index contributed by atoms with van der Waals surface area (Å²) in [5, 5.41) is 5.33. The van der Waals surface area contributed by atoms with Crippen molar-refractivity contribution in [2.75, 3.05) is 0 Å². The Morgan fingerprint density at radius 3 is 2.90 bits per heavy atom. The fourth-order valence-electron chi connectivity index (χ4n) is 2.58. The van der Waals surface area contributed by atoms with E-state index >= 15 is 0 Å². The number of benzene rings is 1. The molecule has 0 N–H and O–H groups in total. The molecule has 0 aliphatic carbocycles. The molecule has 104 valence electrons. The second kappa shape index (κ2) is 5.49. The van der Waals surface area contributed by atoms with Crippen molar-refractivity contribution in [1.29, 1.82) is 0 Å². The fraction of sp³-hybridized carbons (Fsp3) is 0.375. The van der Waals surface area contributed by atoms with Crippen LogP contribution in [0.25, 0.3) is 10.9 Å². The number of rotatable bonds is 5. The maximum absolute atomic E-state index is 5.25. The zero-order valence-electron chi connectivity index (χ0n) is 12.0. The van der Waals surface area contributed by atoms with Crippen LogP contribution in [0.1, 0.15) is 37.5 Å². The van der Waals surface area contributed by atoms with Crippen LogP contribution in [0.3, 0.4) is 0 Å². The van der Waals surface area contributed by atoms with E-state index < -0.39 is 0 Å². The number of fused-ring (bicyclic) bond motifs is 1. The summed E-state index contributed by atoms with van der Waals surface area (Å²) in [6.45, 7) is 4.95. The van der Waals surface area contributed by atoms with Gasteiger partial charge in [0.25, 0.3) is 0 Å². The van der Waals surface area contributed by atoms with Gasteiger partial charge in [0.15, 0.2) is 5.82 Å². The molecule has 0 unspecified atom stereocenters. The molecular formula is C16H19N3O. The third-order valence-electron chi connectivity index (χ3n) is 3.54. The Kier molecular flexibility index (Phi) is 3.54. The number of hydrogen-bond donors (Lipinski definition) is 0. The second-order valence-electron chi connectivity index (χ2n) is 5.01. The lowest BCUT2D eigenvalue weighted by molar-refractivity contribution is 0.371. The highest BCUT2D eigenvalue weighted by Crippen LogP contribution is 2.21. The molecule has 0 aliphatic heterocycles. The molecule has 4 nitrogen and oxygen atoms in total. The number of nitrogens with zero attached hydrogens (tertiary/aromatic N) is 3. The summed E-state index contributed by atoms with van der Waals surface area (Å²) < 4.78 is 7.45. The molecule has 3 rings (SSSR count). The van der Waals surface area contributed by atoms with E-state index in [1.165, 1.54) is 16.5 Å². The molecule has 0 fully saturated rings. The lowest BCUT2D eigenvalue weighted by atomic mass is 10.1. The number of aryl methyl sites for hydroxylation is 2. The second-order valence-corrected chi connectivity index (χ2v) is 5.01. The minimum atomic E-state index is 0.660. The van der Waals surface area contributed by atoms with Crippen molar-refractivity contribution in [3.05, 3.63) is 47.7 Å². The van der Waals surface area contributed by atoms with Gasteiger partial charge < -0.3 is 9.09 Å². The summed E-state index contributed by atoms with van der Waals surface area (Å²) >= 11 is 0. The van der Waals surface area contributed by atoms with Crippen LogP contribution in [0.4, 0.5) is 0 Å². The van der Waals surface area contributed by atoms with Crippen molar-refractivity contribution in [1.82, 2.24) is 14.7 Å². The summed E-state index contributed by atoms with van der Waals surface area (Å²) in [5.74, 6) is 1.48. The molecule has 0 radical (unpaired) electrons. The highest BCUT2D eigenvalue weighted by atomic mass is 16.5. The zero-order valence-corrected chi connectivity index (χ0v) is 12.0. The highest BCUT2D eigenvalue weighted by molar-refractivity contribution is 5.83. The first-order valence-corrected chi connectivity index (χ1v) is 7.20. The van der Waals surface area contributed by atoms with Crippen LogP contribution < -0.4 is 0 Å². The number of para-hydroxylation sites is 1. The Labute approximate surface area is 118 Å². The molecule has 0 saturated heterocycles. The van der Waals surface area contributed by atoms with Crippen LogP contribution in [0.2, 0.25) is 0 Å². The normalized spacial score (nSPS) is 11.3. The SMILES string of the molecule is CCCc1nc(Cn2ccc3cccc(CC)c32)no1. The molecule has 2 heterocycles. The van der Waals surface area contributed by atoms with Crippen LogP contribution in [-0.2, 0) is 19.4 Å². The Morgan fingerprint density at radius 1 is 1.20 bits per heavy atom. The molecule has 1 aromatic carbocycles. The average molecular weight is 269 g/mol. The predicted molar refractivity (Wildman–Crippen MR) is 78.7 cm³/mol. The summed E-state index contributed by atoms with van der Waals surface area (Å²) in [4.78, 5) is 4.44. The predicted octanol–water partition coefficient (Wildman–Crippen LogP) is 3.59. The van der Waals surface area contributed by atoms with Gasteiger partial charge in [0.1, 0.15) is 0 Å². The molecule has 0 saturated carbocycles. The molecular weight excluding hydrogens is 250 g/mol. The molecule has 0 atom stereocenters. The van der Waals surface area contributed by atoms with E-state index in [2.05, 4.69) is 59.0 Å². The van der Waals surface area contributed by atoms with E-state index in [0.29, 0.717) is 6.54 Å². The summed E-state index contributed by atoms with van der Waals surface area (Å²) in [5.41, 5.74) is 2.63. The van der Waals surface area contributed by atoms with Gasteiger partial charge in [-0.2, -0.15) is 4.98 Å². The number of aromatic nitrogens is 3. The number of hydrogen-bond acceptors (Lipinski definition) is 3. The Hall–Kier alpha value is -2.10. The first kappa shape index (κ1) is 12.9. The third kappa shape index (κ3) is 2.33. The van der Waals surface area contributed by atoms with Crippen LogP contribution in [0, 0.1) is 0 Å². The zero-order chi connectivity index (χ0) is 13.9. The van der Waals surface area contributed by atoms with E-state index in [4.69, 9.17) is 4.52 Å². The maximum Gasteiger partial charge on any atom is 0.226 e. The average Bonchev–Trinajstić information content (AvgIpc) is 3.07. The van der Waals surface area contributed by atoms with Crippen molar-refractivity contribution < 1.29 is 4.52 Å². The summed E-state index contributed by atoms with van der Waals surface area (Å²) in [7, 11) is 0. The van der Waals surface area contributed by atoms with Crippen LogP contribution in [0.5, 0.6) is 0 Å². The van der Waals surface area contributed by atoms with Gasteiger partial charge in [-0.3, -0.25) is 0 Å². The van der Waals surface area contributed by atoms with Gasteiger partial charge >= 0.3 is 0 Å². The van der Waals surface area contributed by atoms with Crippen LogP contribution >= 0.6 is 0 Å². The smallest absolute Gasteiger partial charge is 0.226 e. The fourth-order valence-corrected chi connectivity index (χ4v) is 2.58. The molecule has 2 aromatic heterocycles. The monoisotopic (exact) mass is 269 g/mol. The van der Waals surface area contributed by atoms with Crippen molar-refractivity contribution >= 4 is 10.9 Å². The van der Waals surface area contributed by atoms with Crippen molar-refractivity contribution in [3.63, 3.8) is 0 Å². The topological polar surface area (TPSA) is 43.9 Å². The van der Waals surface area contributed by atoms with Crippen LogP contribution in [0.15, 0.2) is 35.0 Å². The van der Waals surface area contributed by atoms with Crippen molar-refractivity contribution in [2.24, 2.45) is 0 Å². The van der Waals surface area contributed by atoms with E-state index in [1.807, 2.05) is 0 Å². The molecule has 20 heavy (non-hydrogen) atoms. The molecule has 4 heteroatoms. The standard InChI is InChI=1S/C16H19N3O/c1-3-6-15-17-14(18-20-15)11-19-10-9-13-8-5-7-12(4-2)16(13)19/h5,7-10H,3-4,6,11H2,1-2H3. The van der Waals surface area contributed by atoms with Crippen LogP contribution in [-0.4, -0.2) is 14.7 Å². The van der Waals surface area contributed by atoms with Gasteiger partial charge in [0, 0.05) is 12.6 Å². The Bertz CT molecular complexity index is 711. The third-order valence-corrected chi connectivity index (χ3v) is 3.54. The molecule has 0 spiro atoms. The van der Waals surface area contributed by atoms with Crippen molar-refractivity contribution in [2.45, 2.75) is 39.7 Å². The van der Waals surface area contributed by atoms with Gasteiger partial charge in [-0.1, -0.05) is 37.2 Å². The van der Waals surface area contributed by atoms with Gasteiger partial charge in [0.2, 0.25) is 5.89 Å². The first-order chi connectivity index (χ1) is 9.81. The van der Waals surface area contributed by atoms with E-state index in [-0.39, 0.29) is 0 Å². The minimum absolute atomic E-state index is 0.660. The lowest BCUT2D eigenvalue weighted by Gasteiger charge is -2.06. The van der Waals surface area contributed by atoms with Gasteiger partial charge in [-0.25, -0.2) is 0 Å². The molecule has 0 aliphatic rings. The highest BCUT2D eigenvalue weighted by Gasteiger charge is 2.10. The Morgan fingerprint density at radius 2 is 2.10 bits per heavy atom. The molecule has 0 amide bonds. The van der Waals surface area contributed by atoms with Gasteiger partial charge in [0.05, 0.1) is 12.1 Å². The van der Waals surface area contributed by atoms with Gasteiger partial charge in [-0.05, 0) is 29.9 Å². The quantitative estimate of drug-likeness (QED) is 0.711. The first-order valence-electron chi connectivity index (χ1n) is 7.20. The minimum Gasteiger partial charge on any atom is -0.339 e.